The van der Waals surface area contributed by atoms with Crippen molar-refractivity contribution in [3.05, 3.63) is 82.8 Å². The lowest BCUT2D eigenvalue weighted by Gasteiger charge is -2.23. The van der Waals surface area contributed by atoms with E-state index in [1.807, 2.05) is 58.7 Å². The zero-order valence-electron chi connectivity index (χ0n) is 23.6. The van der Waals surface area contributed by atoms with Gasteiger partial charge < -0.3 is 4.52 Å². The minimum absolute atomic E-state index is 0.476. The summed E-state index contributed by atoms with van der Waals surface area (Å²) < 4.78 is 14.4. The van der Waals surface area contributed by atoms with Gasteiger partial charge in [-0.15, -0.1) is 26.6 Å². The van der Waals surface area contributed by atoms with Gasteiger partial charge >= 0.3 is 0 Å². The molecule has 0 amide bonds. The van der Waals surface area contributed by atoms with Gasteiger partial charge in [-0.2, -0.15) is 4.37 Å². The number of rotatable bonds is 6. The summed E-state index contributed by atoms with van der Waals surface area (Å²) in [7, 11) is 0. The van der Waals surface area contributed by atoms with Gasteiger partial charge in [0.1, 0.15) is 27.8 Å². The van der Waals surface area contributed by atoms with Crippen molar-refractivity contribution in [2.24, 2.45) is 0 Å². The Morgan fingerprint density at radius 3 is 2.46 bits per heavy atom. The number of para-hydroxylation sites is 1. The number of fused-ring (bicyclic) bond motifs is 2. The predicted octanol–water partition coefficient (Wildman–Crippen LogP) is 7.36. The van der Waals surface area contributed by atoms with Crippen molar-refractivity contribution in [1.29, 1.82) is 0 Å². The number of aryl methyl sites for hydroxylation is 1. The summed E-state index contributed by atoms with van der Waals surface area (Å²) >= 11 is 4.21. The third-order valence-corrected chi connectivity index (χ3v) is 9.63. The smallest absolute Gasteiger partial charge is 0.152 e. The zero-order valence-corrected chi connectivity index (χ0v) is 26.1. The summed E-state index contributed by atoms with van der Waals surface area (Å²) in [6.07, 6.45) is 5.01. The topological polar surface area (TPSA) is 158 Å². The van der Waals surface area contributed by atoms with Crippen LogP contribution in [0, 0.1) is 6.92 Å². The summed E-state index contributed by atoms with van der Waals surface area (Å²) in [6.45, 7) is 2.09. The van der Waals surface area contributed by atoms with Crippen LogP contribution in [0.15, 0.2) is 81.8 Å². The molecular weight excluding hydrogens is 639 g/mol. The molecule has 0 bridgehead atoms. The number of nitrogens with one attached hydrogen (secondary N) is 1. The van der Waals surface area contributed by atoms with Gasteiger partial charge in [0.2, 0.25) is 0 Å². The van der Waals surface area contributed by atoms with Crippen molar-refractivity contribution >= 4 is 56.1 Å². The number of aromatic nitrogens is 11. The first kappa shape index (κ1) is 26.7. The first-order chi connectivity index (χ1) is 22.8. The van der Waals surface area contributed by atoms with E-state index in [1.54, 1.807) is 17.5 Å². The molecule has 0 saturated heterocycles. The molecule has 0 spiro atoms. The van der Waals surface area contributed by atoms with Crippen LogP contribution in [0.5, 0.6) is 0 Å². The Hall–Kier alpha value is -5.64. The van der Waals surface area contributed by atoms with Crippen molar-refractivity contribution in [2.75, 3.05) is 0 Å². The lowest BCUT2D eigenvalue weighted by atomic mass is 9.83. The van der Waals surface area contributed by atoms with Crippen LogP contribution >= 0.6 is 34.4 Å². The fourth-order valence-electron chi connectivity index (χ4n) is 5.91. The predicted molar refractivity (Wildman–Crippen MR) is 177 cm³/mol. The Morgan fingerprint density at radius 1 is 0.739 bits per heavy atom. The van der Waals surface area contributed by atoms with Gasteiger partial charge in [0.05, 0.1) is 28.8 Å². The van der Waals surface area contributed by atoms with Crippen molar-refractivity contribution in [3.63, 3.8) is 0 Å². The first-order valence-corrected chi connectivity index (χ1v) is 16.4. The molecule has 0 unspecified atom stereocenters. The molecular formula is C31H17N11OS3. The number of thiazole rings is 1. The van der Waals surface area contributed by atoms with Gasteiger partial charge in [-0.3, -0.25) is 5.10 Å². The lowest BCUT2D eigenvalue weighted by Crippen LogP contribution is -2.04. The molecule has 220 valence electrons. The molecule has 0 atom stereocenters. The molecule has 0 aliphatic heterocycles. The average molecular weight is 656 g/mol. The first-order valence-electron chi connectivity index (χ1n) is 13.9. The summed E-state index contributed by atoms with van der Waals surface area (Å²) in [5.74, 6) is 0. The molecule has 12 nitrogen and oxygen atoms in total. The zero-order chi connectivity index (χ0) is 30.6. The minimum atomic E-state index is 0.476. The van der Waals surface area contributed by atoms with Gasteiger partial charge in [0.15, 0.2) is 6.26 Å². The van der Waals surface area contributed by atoms with Crippen LogP contribution in [-0.2, 0) is 0 Å². The molecule has 15 heteroatoms. The van der Waals surface area contributed by atoms with Crippen LogP contribution in [-0.4, -0.2) is 54.7 Å². The number of pyridine rings is 2. The molecule has 1 N–H and O–H groups in total. The van der Waals surface area contributed by atoms with Gasteiger partial charge in [0.25, 0.3) is 0 Å². The van der Waals surface area contributed by atoms with Gasteiger partial charge in [-0.1, -0.05) is 34.0 Å². The highest BCUT2D eigenvalue weighted by atomic mass is 32.1. The number of H-pyrrole nitrogens is 1. The van der Waals surface area contributed by atoms with E-state index in [-0.39, 0.29) is 0 Å². The van der Waals surface area contributed by atoms with E-state index in [0.29, 0.717) is 39.7 Å². The highest BCUT2D eigenvalue weighted by molar-refractivity contribution is 7.13. The van der Waals surface area contributed by atoms with E-state index in [2.05, 4.69) is 48.4 Å². The van der Waals surface area contributed by atoms with Crippen molar-refractivity contribution < 1.29 is 4.52 Å². The number of aromatic amines is 1. The third-order valence-electron chi connectivity index (χ3n) is 7.77. The molecule has 2 aromatic carbocycles. The molecule has 0 aliphatic carbocycles. The van der Waals surface area contributed by atoms with Crippen LogP contribution in [0.2, 0.25) is 0 Å². The number of benzene rings is 2. The van der Waals surface area contributed by atoms with Crippen molar-refractivity contribution in [2.45, 2.75) is 6.92 Å². The van der Waals surface area contributed by atoms with E-state index in [4.69, 9.17) is 23.8 Å². The lowest BCUT2D eigenvalue weighted by molar-refractivity contribution is 0.393. The number of nitrogens with zero attached hydrogens (tertiary/aromatic N) is 10. The van der Waals surface area contributed by atoms with Crippen LogP contribution in [0.25, 0.3) is 88.8 Å². The molecule has 0 fully saturated rings. The fourth-order valence-corrected chi connectivity index (χ4v) is 7.62. The maximum Gasteiger partial charge on any atom is 0.152 e. The monoisotopic (exact) mass is 655 g/mol. The van der Waals surface area contributed by atoms with E-state index < -0.39 is 0 Å². The molecule has 46 heavy (non-hydrogen) atoms. The van der Waals surface area contributed by atoms with E-state index in [9.17, 15) is 0 Å². The number of hydrogen-bond acceptors (Lipinski definition) is 14. The molecule has 0 saturated carbocycles. The Labute approximate surface area is 271 Å². The van der Waals surface area contributed by atoms with Gasteiger partial charge in [-0.05, 0) is 53.8 Å². The summed E-state index contributed by atoms with van der Waals surface area (Å²) in [4.78, 5) is 15.2. The van der Waals surface area contributed by atoms with Crippen LogP contribution < -0.4 is 0 Å². The quantitative estimate of drug-likeness (QED) is 0.191. The second-order valence-electron chi connectivity index (χ2n) is 10.2. The van der Waals surface area contributed by atoms with Crippen LogP contribution in [0.3, 0.4) is 0 Å². The molecule has 7 aromatic heterocycles. The minimum Gasteiger partial charge on any atom is -0.345 e. The highest BCUT2D eigenvalue weighted by Crippen LogP contribution is 2.52. The summed E-state index contributed by atoms with van der Waals surface area (Å²) in [5, 5.41) is 33.4. The Kier molecular flexibility index (Phi) is 6.25. The molecule has 0 aliphatic rings. The second kappa shape index (κ2) is 10.8. The van der Waals surface area contributed by atoms with E-state index in [1.165, 1.54) is 29.3 Å². The van der Waals surface area contributed by atoms with Gasteiger partial charge in [0, 0.05) is 66.0 Å². The van der Waals surface area contributed by atoms with Gasteiger partial charge in [-0.25, -0.2) is 15.0 Å². The molecule has 9 rings (SSSR count). The summed E-state index contributed by atoms with van der Waals surface area (Å²) in [6, 6.07) is 14.1. The second-order valence-corrected chi connectivity index (χ2v) is 12.4. The summed E-state index contributed by atoms with van der Waals surface area (Å²) in [5.41, 5.74) is 9.38. The van der Waals surface area contributed by atoms with Crippen molar-refractivity contribution in [1.82, 2.24) is 54.7 Å². The maximum absolute atomic E-state index is 5.32. The third kappa shape index (κ3) is 4.17. The Bertz CT molecular complexity index is 2480. The standard InChI is InChI=1S/C31H17N11OS3/c1-15-23-28(26(22-14-46-42-38-22)25(18-8-10-45-39-18)24(15)31-32-9-11-44-31)27(21-13-43-41-37-21)30(20-12-33-40-36-20)35-29(23)19-7-6-16-4-2-3-5-17(16)34-19/h2-14H,1H3,(H,33,36,40). The fraction of sp³-hybridized carbons (Fsp3) is 0.0323. The molecule has 9 aromatic rings. The van der Waals surface area contributed by atoms with Crippen LogP contribution in [0.1, 0.15) is 5.56 Å². The van der Waals surface area contributed by atoms with E-state index in [0.717, 1.165) is 54.6 Å². The van der Waals surface area contributed by atoms with E-state index >= 15 is 0 Å². The average Bonchev–Trinajstić information content (AvgIpc) is 3.94. The Balaban J connectivity index is 1.57. The normalized spacial score (nSPS) is 11.6. The van der Waals surface area contributed by atoms with Crippen molar-refractivity contribution in [3.8, 4) is 67.1 Å². The number of hydrogen-bond donors (Lipinski definition) is 1. The molecule has 0 radical (unpaired) electrons. The van der Waals surface area contributed by atoms with Crippen LogP contribution in [0.4, 0.5) is 0 Å². The highest BCUT2D eigenvalue weighted by Gasteiger charge is 2.32. The maximum atomic E-state index is 5.32. The SMILES string of the molecule is Cc1c(-c2nccs2)c(-c2ccsn2)c(-c2csnn2)c2c(-c3conn3)c(-c3c[nH]nn3)nc(-c3ccc4ccccc4n3)c12. The largest absolute Gasteiger partial charge is 0.345 e. The molecule has 7 heterocycles. The Morgan fingerprint density at radius 2 is 1.70 bits per heavy atom.